The first-order valence-electron chi connectivity index (χ1n) is 13.0. The Morgan fingerprint density at radius 2 is 1.83 bits per heavy atom. The van der Waals surface area contributed by atoms with Gasteiger partial charge in [0.25, 0.3) is 0 Å². The number of likely N-dealkylation sites (tertiary alicyclic amines) is 1. The number of sulfonamides is 1. The van der Waals surface area contributed by atoms with Crippen LogP contribution in [0.15, 0.2) is 41.4 Å². The van der Waals surface area contributed by atoms with Crippen LogP contribution in [0.1, 0.15) is 40.2 Å². The van der Waals surface area contributed by atoms with Gasteiger partial charge in [-0.3, -0.25) is 9.78 Å². The van der Waals surface area contributed by atoms with E-state index in [1.54, 1.807) is 12.1 Å². The molecule has 0 saturated carbocycles. The van der Waals surface area contributed by atoms with Crippen LogP contribution in [0.4, 0.5) is 19.7 Å². The highest BCUT2D eigenvalue weighted by Gasteiger charge is 2.31. The van der Waals surface area contributed by atoms with Gasteiger partial charge in [-0.05, 0) is 43.5 Å². The number of nitrogens with zero attached hydrogens (tertiary/aromatic N) is 4. The maximum Gasteiger partial charge on any atom is 0.244 e. The zero-order valence-electron chi connectivity index (χ0n) is 22.0. The van der Waals surface area contributed by atoms with Gasteiger partial charge in [0.05, 0.1) is 11.7 Å². The summed E-state index contributed by atoms with van der Waals surface area (Å²) in [7, 11) is -3.71. The molecule has 41 heavy (non-hydrogen) atoms. The summed E-state index contributed by atoms with van der Waals surface area (Å²) in [6.45, 7) is 2.80. The number of anilines is 2. The number of β-amino-alcohol motifs (C(OH)–C–C–N with tert-alkyl or cyclic N) is 1. The molecule has 0 amide bonds. The molecule has 4 N–H and O–H groups in total. The predicted molar refractivity (Wildman–Crippen MR) is 154 cm³/mol. The molecule has 10 nitrogen and oxygen atoms in total. The number of piperidine rings is 1. The van der Waals surface area contributed by atoms with Gasteiger partial charge in [0.2, 0.25) is 15.8 Å². The van der Waals surface area contributed by atoms with Crippen molar-refractivity contribution in [3.05, 3.63) is 64.3 Å². The van der Waals surface area contributed by atoms with Crippen LogP contribution in [0.5, 0.6) is 0 Å². The zero-order valence-corrected chi connectivity index (χ0v) is 24.5. The molecule has 1 unspecified atom stereocenters. The summed E-state index contributed by atoms with van der Waals surface area (Å²) in [5.41, 5.74) is 5.99. The number of pyridine rings is 1. The van der Waals surface area contributed by atoms with Crippen LogP contribution in [0.25, 0.3) is 0 Å². The van der Waals surface area contributed by atoms with Crippen LogP contribution in [0.2, 0.25) is 0 Å². The van der Waals surface area contributed by atoms with Crippen molar-refractivity contribution < 1.29 is 27.1 Å². The highest BCUT2D eigenvalue weighted by molar-refractivity contribution is 7.89. The van der Waals surface area contributed by atoms with Crippen LogP contribution in [-0.2, 0) is 16.4 Å². The number of halogens is 3. The first-order chi connectivity index (χ1) is 19.1. The number of aromatic nitrogens is 2. The van der Waals surface area contributed by atoms with Crippen LogP contribution < -0.4 is 11.1 Å². The van der Waals surface area contributed by atoms with Crippen LogP contribution in [0, 0.1) is 11.6 Å². The highest BCUT2D eigenvalue weighted by Crippen LogP contribution is 2.31. The van der Waals surface area contributed by atoms with Crippen molar-refractivity contribution in [2.75, 3.05) is 43.8 Å². The zero-order chi connectivity index (χ0) is 28.4. The van der Waals surface area contributed by atoms with Crippen molar-refractivity contribution in [1.29, 1.82) is 0 Å². The third-order valence-electron chi connectivity index (χ3n) is 7.20. The molecule has 4 heterocycles. The predicted octanol–water partition coefficient (Wildman–Crippen LogP) is 2.93. The van der Waals surface area contributed by atoms with E-state index in [4.69, 9.17) is 5.73 Å². The largest absolute Gasteiger partial charge is 0.392 e. The number of ketones is 1. The van der Waals surface area contributed by atoms with E-state index in [1.807, 2.05) is 0 Å². The maximum absolute atomic E-state index is 14.1. The number of thiazole rings is 1. The monoisotopic (exact) mass is 628 g/mol. The summed E-state index contributed by atoms with van der Waals surface area (Å²) in [6.07, 6.45) is 3.52. The van der Waals surface area contributed by atoms with Crippen molar-refractivity contribution in [2.24, 2.45) is 0 Å². The Morgan fingerprint density at radius 1 is 1.12 bits per heavy atom. The molecule has 2 fully saturated rings. The fourth-order valence-corrected chi connectivity index (χ4v) is 7.27. The topological polar surface area (TPSA) is 142 Å². The van der Waals surface area contributed by atoms with E-state index < -0.39 is 33.0 Å². The normalized spacial score (nSPS) is 18.8. The molecule has 2 aromatic heterocycles. The Labute approximate surface area is 247 Å². The molecule has 5 rings (SSSR count). The quantitative estimate of drug-likeness (QED) is 0.305. The molecule has 2 aliphatic rings. The van der Waals surface area contributed by atoms with Gasteiger partial charge in [0.1, 0.15) is 27.2 Å². The molecule has 2 saturated heterocycles. The molecule has 2 aliphatic heterocycles. The lowest BCUT2D eigenvalue weighted by molar-refractivity contribution is 0.103. The van der Waals surface area contributed by atoms with Crippen molar-refractivity contribution in [2.45, 2.75) is 42.7 Å². The van der Waals surface area contributed by atoms with E-state index >= 15 is 0 Å². The van der Waals surface area contributed by atoms with Gasteiger partial charge < -0.3 is 21.1 Å². The SMILES string of the molecule is Cl.Nc1nc(NC2CCN(S(=O)(=O)c3ccc(CCN4CCC(O)C4)nc3)CC2)sc1C(=O)c1c(F)cccc1F. The molecule has 222 valence electrons. The smallest absolute Gasteiger partial charge is 0.244 e. The number of rotatable bonds is 9. The average molecular weight is 629 g/mol. The highest BCUT2D eigenvalue weighted by atomic mass is 35.5. The minimum Gasteiger partial charge on any atom is -0.392 e. The Morgan fingerprint density at radius 3 is 2.44 bits per heavy atom. The van der Waals surface area contributed by atoms with E-state index in [0.717, 1.165) is 48.7 Å². The van der Waals surface area contributed by atoms with Gasteiger partial charge in [-0.2, -0.15) is 4.31 Å². The lowest BCUT2D eigenvalue weighted by Gasteiger charge is -2.31. The van der Waals surface area contributed by atoms with Gasteiger partial charge in [0, 0.05) is 57.1 Å². The molecule has 1 aromatic carbocycles. The number of hydrogen-bond acceptors (Lipinski definition) is 10. The molecule has 15 heteroatoms. The Bertz CT molecular complexity index is 1460. The first kappa shape index (κ1) is 31.2. The number of aliphatic hydroxyl groups excluding tert-OH is 1. The molecule has 0 radical (unpaired) electrons. The van der Waals surface area contributed by atoms with Crippen LogP contribution in [-0.4, -0.2) is 83.4 Å². The standard InChI is InChI=1S/C26H30F2N6O4S2.ClH/c27-20-2-1-3-21(28)22(20)23(36)24-25(29)32-26(39-24)31-17-7-12-34(13-8-17)40(37,38)19-5-4-16(30-14-19)6-10-33-11-9-18(35)15-33;/h1-5,14,17-18,35H,6-13,15,29H2,(H,31,32);1H. The third kappa shape index (κ3) is 7.01. The lowest BCUT2D eigenvalue weighted by atomic mass is 10.1. The van der Waals surface area contributed by atoms with Gasteiger partial charge in [-0.25, -0.2) is 22.2 Å². The van der Waals surface area contributed by atoms with Crippen LogP contribution in [0.3, 0.4) is 0 Å². The molecule has 0 spiro atoms. The third-order valence-corrected chi connectivity index (χ3v) is 10.1. The minimum atomic E-state index is -3.71. The van der Waals surface area contributed by atoms with E-state index in [0.29, 0.717) is 30.9 Å². The number of carbonyl (C=O) groups is 1. The molecule has 0 aliphatic carbocycles. The number of carbonyl (C=O) groups excluding carboxylic acids is 1. The van der Waals surface area contributed by atoms with Crippen molar-refractivity contribution >= 4 is 50.5 Å². The average Bonchev–Trinajstić information content (AvgIpc) is 3.52. The first-order valence-corrected chi connectivity index (χ1v) is 15.2. The molecular weight excluding hydrogens is 598 g/mol. The summed E-state index contributed by atoms with van der Waals surface area (Å²) >= 11 is 0.904. The number of nitrogens with two attached hydrogens (primary N) is 1. The Balaban J connectivity index is 0.00000387. The second-order valence-electron chi connectivity index (χ2n) is 9.96. The van der Waals surface area contributed by atoms with E-state index in [2.05, 4.69) is 20.2 Å². The second kappa shape index (κ2) is 13.0. The summed E-state index contributed by atoms with van der Waals surface area (Å²) in [4.78, 5) is 23.4. The van der Waals surface area contributed by atoms with E-state index in [9.17, 15) is 27.1 Å². The molecule has 0 bridgehead atoms. The number of aliphatic hydroxyl groups is 1. The number of hydrogen-bond donors (Lipinski definition) is 3. The minimum absolute atomic E-state index is 0. The Hall–Kier alpha value is -2.75. The fraction of sp³-hybridized carbons (Fsp3) is 0.423. The van der Waals surface area contributed by atoms with E-state index in [-0.39, 0.29) is 53.2 Å². The number of benzene rings is 1. The number of nitrogens with one attached hydrogen (secondary N) is 1. The van der Waals surface area contributed by atoms with Crippen LogP contribution >= 0.6 is 23.7 Å². The Kier molecular flexibility index (Phi) is 9.93. The number of nitrogen functional groups attached to an aromatic ring is 1. The van der Waals surface area contributed by atoms with Gasteiger partial charge in [-0.15, -0.1) is 12.4 Å². The molecule has 3 aromatic rings. The second-order valence-corrected chi connectivity index (χ2v) is 12.9. The van der Waals surface area contributed by atoms with Crippen molar-refractivity contribution in [3.8, 4) is 0 Å². The van der Waals surface area contributed by atoms with Crippen molar-refractivity contribution in [3.63, 3.8) is 0 Å². The fourth-order valence-electron chi connectivity index (χ4n) is 4.95. The summed E-state index contributed by atoms with van der Waals surface area (Å²) in [5.74, 6) is -2.97. The molecule has 1 atom stereocenters. The van der Waals surface area contributed by atoms with E-state index in [1.165, 1.54) is 16.6 Å². The van der Waals surface area contributed by atoms with Gasteiger partial charge in [-0.1, -0.05) is 17.4 Å². The summed E-state index contributed by atoms with van der Waals surface area (Å²) in [5, 5.41) is 13.1. The maximum atomic E-state index is 14.1. The lowest BCUT2D eigenvalue weighted by Crippen LogP contribution is -2.42. The summed E-state index contributed by atoms with van der Waals surface area (Å²) < 4.78 is 55.9. The van der Waals surface area contributed by atoms with Gasteiger partial charge in [0.15, 0.2) is 5.13 Å². The summed E-state index contributed by atoms with van der Waals surface area (Å²) in [6, 6.07) is 6.35. The van der Waals surface area contributed by atoms with Crippen molar-refractivity contribution in [1.82, 2.24) is 19.2 Å². The van der Waals surface area contributed by atoms with Gasteiger partial charge >= 0.3 is 0 Å². The molecular formula is C26H31ClF2N6O4S2.